The van der Waals surface area contributed by atoms with E-state index in [1.54, 1.807) is 4.68 Å². The minimum absolute atomic E-state index is 0.155. The predicted octanol–water partition coefficient (Wildman–Crippen LogP) is -1.05. The van der Waals surface area contributed by atoms with Crippen LogP contribution in [0.5, 0.6) is 0 Å². The van der Waals surface area contributed by atoms with E-state index in [9.17, 15) is 19.2 Å². The fourth-order valence-electron chi connectivity index (χ4n) is 4.13. The summed E-state index contributed by atoms with van der Waals surface area (Å²) < 4.78 is 7.32. The van der Waals surface area contributed by atoms with Crippen LogP contribution in [-0.4, -0.2) is 74.4 Å². The van der Waals surface area contributed by atoms with Gasteiger partial charge < -0.3 is 19.9 Å². The molecule has 0 bridgehead atoms. The molecule has 154 valence electrons. The van der Waals surface area contributed by atoms with E-state index in [2.05, 4.69) is 10.4 Å². The van der Waals surface area contributed by atoms with Gasteiger partial charge in [-0.2, -0.15) is 5.10 Å². The van der Waals surface area contributed by atoms with Gasteiger partial charge >= 0.3 is 0 Å². The molecule has 29 heavy (non-hydrogen) atoms. The fraction of sp³-hybridized carbons (Fsp3) is 0.526. The lowest BCUT2D eigenvalue weighted by molar-refractivity contribution is -0.159. The molecule has 10 heteroatoms. The molecule has 1 N–H and O–H groups in total. The largest absolute Gasteiger partial charge is 0.354 e. The summed E-state index contributed by atoms with van der Waals surface area (Å²) in [4.78, 5) is 53.6. The minimum Gasteiger partial charge on any atom is -0.354 e. The number of aryl methyl sites for hydroxylation is 2. The minimum atomic E-state index is -1.22. The molecule has 1 aromatic rings. The molecule has 0 radical (unpaired) electrons. The summed E-state index contributed by atoms with van der Waals surface area (Å²) in [5.41, 5.74) is 2.26. The van der Waals surface area contributed by atoms with Crippen molar-refractivity contribution in [3.05, 3.63) is 28.7 Å². The van der Waals surface area contributed by atoms with Crippen molar-refractivity contribution in [3.63, 3.8) is 0 Å². The van der Waals surface area contributed by atoms with Crippen molar-refractivity contribution in [1.82, 2.24) is 24.9 Å². The zero-order valence-electron chi connectivity index (χ0n) is 16.8. The maximum atomic E-state index is 12.8. The molecule has 0 aromatic carbocycles. The third-order valence-corrected chi connectivity index (χ3v) is 5.84. The molecule has 4 heterocycles. The van der Waals surface area contributed by atoms with E-state index in [-0.39, 0.29) is 24.7 Å². The first-order chi connectivity index (χ1) is 13.7. The Hall–Kier alpha value is -3.01. The Labute approximate surface area is 167 Å². The number of carbonyl (C=O) groups excluding carboxylic acids is 4. The maximum Gasteiger partial charge on any atom is 0.257 e. The van der Waals surface area contributed by atoms with Crippen LogP contribution in [0, 0.1) is 13.8 Å². The molecule has 1 unspecified atom stereocenters. The van der Waals surface area contributed by atoms with Gasteiger partial charge in [0, 0.05) is 31.0 Å². The molecule has 2 fully saturated rings. The summed E-state index contributed by atoms with van der Waals surface area (Å²) in [5, 5.41) is 6.98. The second-order valence-corrected chi connectivity index (χ2v) is 7.67. The van der Waals surface area contributed by atoms with E-state index in [4.69, 9.17) is 4.74 Å². The molecule has 0 saturated carbocycles. The van der Waals surface area contributed by atoms with Gasteiger partial charge in [-0.15, -0.1) is 0 Å². The summed E-state index contributed by atoms with van der Waals surface area (Å²) in [6, 6.07) is -1.38. The van der Waals surface area contributed by atoms with Crippen LogP contribution < -0.4 is 5.32 Å². The molecule has 0 aliphatic carbocycles. The standard InChI is InChI=1S/C19H23N5O5/c1-9-8-29-14-7-23-6-13(16(25)17(26)15(23)19(28)24(9)14)18(27)20-5-12-10(2)21-22(4)11(12)3/h6,9,14-15H,5,7-8H2,1-4H3,(H,20,27)/t9-,14+,15?/m0/s1. The van der Waals surface area contributed by atoms with E-state index in [0.29, 0.717) is 6.61 Å². The first-order valence-electron chi connectivity index (χ1n) is 9.47. The van der Waals surface area contributed by atoms with Gasteiger partial charge in [0.1, 0.15) is 11.8 Å². The van der Waals surface area contributed by atoms with Gasteiger partial charge in [-0.05, 0) is 20.8 Å². The fourth-order valence-corrected chi connectivity index (χ4v) is 4.13. The molecule has 3 atom stereocenters. The normalized spacial score (nSPS) is 26.4. The Morgan fingerprint density at radius 3 is 2.69 bits per heavy atom. The highest BCUT2D eigenvalue weighted by Gasteiger charge is 2.52. The Morgan fingerprint density at radius 2 is 2.03 bits per heavy atom. The number of Topliss-reactive ketones (excluding diaryl/α,β-unsaturated/α-hetero) is 2. The lowest BCUT2D eigenvalue weighted by Gasteiger charge is -2.43. The van der Waals surface area contributed by atoms with Gasteiger partial charge in [0.05, 0.1) is 24.9 Å². The summed E-state index contributed by atoms with van der Waals surface area (Å²) in [6.45, 7) is 6.34. The summed E-state index contributed by atoms with van der Waals surface area (Å²) in [7, 11) is 1.81. The van der Waals surface area contributed by atoms with Crippen LogP contribution in [0.3, 0.4) is 0 Å². The highest BCUT2D eigenvalue weighted by molar-refractivity contribution is 6.53. The van der Waals surface area contributed by atoms with Crippen molar-refractivity contribution in [2.45, 2.75) is 45.6 Å². The lowest BCUT2D eigenvalue weighted by Crippen LogP contribution is -2.65. The van der Waals surface area contributed by atoms with Crippen molar-refractivity contribution in [3.8, 4) is 0 Å². The summed E-state index contributed by atoms with van der Waals surface area (Å²) in [6.07, 6.45) is 0.824. The maximum absolute atomic E-state index is 12.8. The van der Waals surface area contributed by atoms with Crippen molar-refractivity contribution < 1.29 is 23.9 Å². The smallest absolute Gasteiger partial charge is 0.257 e. The number of nitrogens with one attached hydrogen (secondary N) is 1. The number of fused-ring (bicyclic) bond motifs is 2. The highest BCUT2D eigenvalue weighted by Crippen LogP contribution is 2.29. The zero-order valence-corrected chi connectivity index (χ0v) is 16.8. The van der Waals surface area contributed by atoms with E-state index < -0.39 is 35.7 Å². The van der Waals surface area contributed by atoms with Crippen LogP contribution in [0.1, 0.15) is 23.9 Å². The topological polar surface area (TPSA) is 114 Å². The van der Waals surface area contributed by atoms with E-state index in [1.165, 1.54) is 16.0 Å². The SMILES string of the molecule is Cc1nn(C)c(C)c1CNC(=O)C1=CN2C[C@H]3OC[C@H](C)N3C(=O)C2C(=O)C1=O. The number of hydrogen-bond donors (Lipinski definition) is 1. The number of nitrogens with zero attached hydrogens (tertiary/aromatic N) is 4. The number of carbonyl (C=O) groups is 4. The van der Waals surface area contributed by atoms with Crippen LogP contribution >= 0.6 is 0 Å². The predicted molar refractivity (Wildman–Crippen MR) is 99.2 cm³/mol. The number of aromatic nitrogens is 2. The average molecular weight is 401 g/mol. The first-order valence-corrected chi connectivity index (χ1v) is 9.47. The molecule has 4 rings (SSSR count). The number of piperazine rings is 1. The van der Waals surface area contributed by atoms with Crippen molar-refractivity contribution in [2.24, 2.45) is 7.05 Å². The van der Waals surface area contributed by atoms with E-state index >= 15 is 0 Å². The van der Waals surface area contributed by atoms with E-state index in [1.807, 2.05) is 27.8 Å². The number of amides is 2. The van der Waals surface area contributed by atoms with Gasteiger partial charge in [-0.25, -0.2) is 0 Å². The molecule has 2 amide bonds. The second kappa shape index (κ2) is 6.80. The van der Waals surface area contributed by atoms with Crippen LogP contribution in [-0.2, 0) is 37.5 Å². The number of ketones is 2. The van der Waals surface area contributed by atoms with Crippen LogP contribution in [0.2, 0.25) is 0 Å². The number of hydrogen-bond acceptors (Lipinski definition) is 7. The third kappa shape index (κ3) is 2.94. The second-order valence-electron chi connectivity index (χ2n) is 7.67. The van der Waals surface area contributed by atoms with Gasteiger partial charge in [-0.3, -0.25) is 23.9 Å². The van der Waals surface area contributed by atoms with Crippen LogP contribution in [0.25, 0.3) is 0 Å². The monoisotopic (exact) mass is 401 g/mol. The molecular weight excluding hydrogens is 378 g/mol. The van der Waals surface area contributed by atoms with E-state index in [0.717, 1.165) is 17.0 Å². The molecule has 1 aromatic heterocycles. The van der Waals surface area contributed by atoms with Crippen LogP contribution in [0.15, 0.2) is 11.8 Å². The zero-order chi connectivity index (χ0) is 21.0. The van der Waals surface area contributed by atoms with Gasteiger partial charge in [0.15, 0.2) is 6.04 Å². The summed E-state index contributed by atoms with van der Waals surface area (Å²) >= 11 is 0. The first kappa shape index (κ1) is 19.3. The number of rotatable bonds is 3. The van der Waals surface area contributed by atoms with Crippen molar-refractivity contribution in [2.75, 3.05) is 13.2 Å². The van der Waals surface area contributed by atoms with Gasteiger partial charge in [0.25, 0.3) is 11.8 Å². The molecule has 0 spiro atoms. The van der Waals surface area contributed by atoms with Gasteiger partial charge in [-0.1, -0.05) is 0 Å². The average Bonchev–Trinajstić information content (AvgIpc) is 3.15. The van der Waals surface area contributed by atoms with Crippen molar-refractivity contribution >= 4 is 23.4 Å². The van der Waals surface area contributed by atoms with Crippen LogP contribution in [0.4, 0.5) is 0 Å². The molecule has 2 saturated heterocycles. The Morgan fingerprint density at radius 1 is 1.31 bits per heavy atom. The number of ether oxygens (including phenoxy) is 1. The Kier molecular flexibility index (Phi) is 4.53. The highest BCUT2D eigenvalue weighted by atomic mass is 16.5. The molecule has 10 nitrogen and oxygen atoms in total. The summed E-state index contributed by atoms with van der Waals surface area (Å²) in [5.74, 6) is -2.93. The van der Waals surface area contributed by atoms with Crippen molar-refractivity contribution in [1.29, 1.82) is 0 Å². The Balaban J connectivity index is 1.55. The molecule has 3 aliphatic rings. The van der Waals surface area contributed by atoms with Gasteiger partial charge in [0.2, 0.25) is 11.6 Å². The third-order valence-electron chi connectivity index (χ3n) is 5.84. The molecule has 3 aliphatic heterocycles. The molecular formula is C19H23N5O5. The lowest BCUT2D eigenvalue weighted by atomic mass is 9.93. The Bertz CT molecular complexity index is 964. The quantitative estimate of drug-likeness (QED) is 0.390.